The van der Waals surface area contributed by atoms with Gasteiger partial charge in [-0.05, 0) is 56.7 Å². The molecule has 2 aromatic rings. The Labute approximate surface area is 181 Å². The molecule has 1 aromatic carbocycles. The Balaban J connectivity index is 1.74. The van der Waals surface area contributed by atoms with Gasteiger partial charge in [-0.15, -0.1) is 0 Å². The topological polar surface area (TPSA) is 84.4 Å². The molecule has 7 nitrogen and oxygen atoms in total. The highest BCUT2D eigenvalue weighted by Gasteiger charge is 2.47. The van der Waals surface area contributed by atoms with Gasteiger partial charge in [0.2, 0.25) is 0 Å². The van der Waals surface area contributed by atoms with Gasteiger partial charge < -0.3 is 24.1 Å². The number of carbonyl (C=O) groups excluding carboxylic acids is 2. The molecule has 2 N–H and O–H groups in total. The van der Waals surface area contributed by atoms with Crippen LogP contribution >= 0.6 is 0 Å². The molecule has 1 amide bonds. The number of carbonyl (C=O) groups is 2. The van der Waals surface area contributed by atoms with E-state index in [2.05, 4.69) is 13.8 Å². The first-order valence-corrected chi connectivity index (χ1v) is 10.9. The minimum absolute atomic E-state index is 0.0708. The SMILES string of the molecule is CC[NH+](CC)CCN1C(=O)C(=O)C(=C(O)c2ccc3c(c2)C[C@H](C)O3)[C@@H]1c1ccco1. The number of Topliss-reactive ketones (excluding diaryl/α,β-unsaturated/α-hetero) is 1. The van der Waals surface area contributed by atoms with E-state index in [-0.39, 0.29) is 17.4 Å². The molecule has 31 heavy (non-hydrogen) atoms. The molecule has 2 aliphatic rings. The van der Waals surface area contributed by atoms with Crippen molar-refractivity contribution in [1.29, 1.82) is 0 Å². The van der Waals surface area contributed by atoms with Crippen molar-refractivity contribution in [1.82, 2.24) is 4.90 Å². The lowest BCUT2D eigenvalue weighted by molar-refractivity contribution is -0.895. The number of ketones is 1. The number of quaternary nitrogens is 1. The van der Waals surface area contributed by atoms with Gasteiger partial charge in [-0.2, -0.15) is 0 Å². The number of ether oxygens (including phenoxy) is 1. The maximum Gasteiger partial charge on any atom is 0.295 e. The summed E-state index contributed by atoms with van der Waals surface area (Å²) >= 11 is 0. The first kappa shape index (κ1) is 21.2. The maximum atomic E-state index is 13.0. The van der Waals surface area contributed by atoms with Gasteiger partial charge in [0.25, 0.3) is 11.7 Å². The fourth-order valence-electron chi connectivity index (χ4n) is 4.46. The summed E-state index contributed by atoms with van der Waals surface area (Å²) < 4.78 is 11.3. The third-order valence-corrected chi connectivity index (χ3v) is 6.23. The van der Waals surface area contributed by atoms with Crippen LogP contribution in [0.25, 0.3) is 5.76 Å². The van der Waals surface area contributed by atoms with Crippen LogP contribution in [-0.2, 0) is 16.0 Å². The lowest BCUT2D eigenvalue weighted by atomic mass is 9.97. The number of amides is 1. The molecule has 1 fully saturated rings. The normalized spacial score (nSPS) is 22.3. The monoisotopic (exact) mass is 425 g/mol. The number of fused-ring (bicyclic) bond motifs is 1. The summed E-state index contributed by atoms with van der Waals surface area (Å²) in [4.78, 5) is 28.8. The van der Waals surface area contributed by atoms with Crippen LogP contribution in [0.4, 0.5) is 0 Å². The van der Waals surface area contributed by atoms with Gasteiger partial charge in [0.1, 0.15) is 29.4 Å². The predicted octanol–water partition coefficient (Wildman–Crippen LogP) is 1.95. The van der Waals surface area contributed by atoms with Gasteiger partial charge >= 0.3 is 0 Å². The molecule has 7 heteroatoms. The molecule has 0 radical (unpaired) electrons. The van der Waals surface area contributed by atoms with Crippen molar-refractivity contribution in [2.24, 2.45) is 0 Å². The molecule has 0 unspecified atom stereocenters. The Kier molecular flexibility index (Phi) is 5.87. The second-order valence-corrected chi connectivity index (χ2v) is 8.17. The number of rotatable bonds is 7. The fourth-order valence-corrected chi connectivity index (χ4v) is 4.46. The van der Waals surface area contributed by atoms with Crippen LogP contribution in [-0.4, -0.2) is 54.0 Å². The molecule has 2 atom stereocenters. The molecular formula is C24H29N2O5+. The number of hydrogen-bond donors (Lipinski definition) is 2. The molecule has 2 aliphatic heterocycles. The number of likely N-dealkylation sites (tertiary alicyclic amines) is 1. The summed E-state index contributed by atoms with van der Waals surface area (Å²) in [5, 5.41) is 11.2. The molecular weight excluding hydrogens is 396 g/mol. The quantitative estimate of drug-likeness (QED) is 0.402. The molecule has 0 spiro atoms. The molecule has 0 saturated carbocycles. The van der Waals surface area contributed by atoms with Gasteiger partial charge in [-0.25, -0.2) is 0 Å². The number of aliphatic hydroxyl groups is 1. The molecule has 0 bridgehead atoms. The average molecular weight is 426 g/mol. The van der Waals surface area contributed by atoms with Crippen LogP contribution in [0, 0.1) is 0 Å². The highest BCUT2D eigenvalue weighted by Crippen LogP contribution is 2.40. The first-order chi connectivity index (χ1) is 14.9. The number of nitrogens with one attached hydrogen (secondary N) is 1. The molecule has 164 valence electrons. The zero-order chi connectivity index (χ0) is 22.1. The Morgan fingerprint density at radius 3 is 2.68 bits per heavy atom. The second kappa shape index (κ2) is 8.59. The summed E-state index contributed by atoms with van der Waals surface area (Å²) in [6.45, 7) is 9.15. The van der Waals surface area contributed by atoms with E-state index >= 15 is 0 Å². The summed E-state index contributed by atoms with van der Waals surface area (Å²) in [6.07, 6.45) is 2.32. The highest BCUT2D eigenvalue weighted by atomic mass is 16.5. The van der Waals surface area contributed by atoms with E-state index in [1.54, 1.807) is 24.3 Å². The van der Waals surface area contributed by atoms with Gasteiger partial charge in [-0.3, -0.25) is 9.59 Å². The summed E-state index contributed by atoms with van der Waals surface area (Å²) in [5.74, 6) is -0.214. The van der Waals surface area contributed by atoms with Crippen molar-refractivity contribution in [2.75, 3.05) is 26.2 Å². The Bertz CT molecular complexity index is 1010. The number of nitrogens with zero attached hydrogens (tertiary/aromatic N) is 1. The fraction of sp³-hybridized carbons (Fsp3) is 0.417. The molecule has 3 heterocycles. The van der Waals surface area contributed by atoms with E-state index in [4.69, 9.17) is 9.15 Å². The Morgan fingerprint density at radius 2 is 2.00 bits per heavy atom. The van der Waals surface area contributed by atoms with Crippen LogP contribution in [0.3, 0.4) is 0 Å². The van der Waals surface area contributed by atoms with E-state index < -0.39 is 17.7 Å². The lowest BCUT2D eigenvalue weighted by Crippen LogP contribution is -3.12. The molecule has 4 rings (SSSR count). The van der Waals surface area contributed by atoms with Crippen molar-refractivity contribution < 1.29 is 28.7 Å². The van der Waals surface area contributed by atoms with Crippen molar-refractivity contribution in [3.05, 3.63) is 59.1 Å². The number of aliphatic hydroxyl groups excluding tert-OH is 1. The van der Waals surface area contributed by atoms with E-state index in [9.17, 15) is 14.7 Å². The first-order valence-electron chi connectivity index (χ1n) is 10.9. The Hall–Kier alpha value is -3.06. The number of benzene rings is 1. The van der Waals surface area contributed by atoms with Crippen molar-refractivity contribution in [3.63, 3.8) is 0 Å². The summed E-state index contributed by atoms with van der Waals surface area (Å²) in [7, 11) is 0. The minimum atomic E-state index is -0.742. The largest absolute Gasteiger partial charge is 0.507 e. The smallest absolute Gasteiger partial charge is 0.295 e. The Morgan fingerprint density at radius 1 is 1.23 bits per heavy atom. The van der Waals surface area contributed by atoms with Crippen molar-refractivity contribution >= 4 is 17.4 Å². The lowest BCUT2D eigenvalue weighted by Gasteiger charge is -2.25. The summed E-state index contributed by atoms with van der Waals surface area (Å²) in [5.41, 5.74) is 1.55. The molecule has 1 aromatic heterocycles. The van der Waals surface area contributed by atoms with Crippen molar-refractivity contribution in [2.45, 2.75) is 39.3 Å². The van der Waals surface area contributed by atoms with Crippen molar-refractivity contribution in [3.8, 4) is 5.75 Å². The van der Waals surface area contributed by atoms with Crippen LogP contribution in [0.15, 0.2) is 46.6 Å². The third-order valence-electron chi connectivity index (χ3n) is 6.23. The van der Waals surface area contributed by atoms with Crippen LogP contribution in [0.2, 0.25) is 0 Å². The van der Waals surface area contributed by atoms with E-state index in [1.165, 1.54) is 16.1 Å². The highest BCUT2D eigenvalue weighted by molar-refractivity contribution is 6.46. The standard InChI is InChI=1S/C24H28N2O5/c1-4-25(5-2)10-11-26-21(19-7-6-12-30-19)20(23(28)24(26)29)22(27)16-8-9-18-17(14-16)13-15(3)31-18/h6-9,12,14-15,21,27H,4-5,10-11,13H2,1-3H3/p+1/t15-,21-/m0/s1. The van der Waals surface area contributed by atoms with Crippen LogP contribution in [0.1, 0.15) is 43.7 Å². The van der Waals surface area contributed by atoms with Gasteiger partial charge in [0, 0.05) is 12.0 Å². The maximum absolute atomic E-state index is 13.0. The predicted molar refractivity (Wildman–Crippen MR) is 115 cm³/mol. The van der Waals surface area contributed by atoms with E-state index in [1.807, 2.05) is 13.0 Å². The number of furan rings is 1. The van der Waals surface area contributed by atoms with Crippen LogP contribution in [0.5, 0.6) is 5.75 Å². The zero-order valence-electron chi connectivity index (χ0n) is 18.2. The second-order valence-electron chi connectivity index (χ2n) is 8.17. The van der Waals surface area contributed by atoms with Crippen LogP contribution < -0.4 is 9.64 Å². The minimum Gasteiger partial charge on any atom is -0.507 e. The van der Waals surface area contributed by atoms with Gasteiger partial charge in [0.05, 0.1) is 38.0 Å². The van der Waals surface area contributed by atoms with Gasteiger partial charge in [-0.1, -0.05) is 0 Å². The third kappa shape index (κ3) is 3.85. The summed E-state index contributed by atoms with van der Waals surface area (Å²) in [6, 6.07) is 8.07. The van der Waals surface area contributed by atoms with E-state index in [0.29, 0.717) is 24.4 Å². The molecule has 0 aliphatic carbocycles. The van der Waals surface area contributed by atoms with Gasteiger partial charge in [0.15, 0.2) is 0 Å². The zero-order valence-corrected chi connectivity index (χ0v) is 18.2. The number of likely N-dealkylation sites (N-methyl/N-ethyl adjacent to an activating group) is 1. The number of hydrogen-bond acceptors (Lipinski definition) is 5. The average Bonchev–Trinajstić information content (AvgIpc) is 3.47. The van der Waals surface area contributed by atoms with E-state index in [0.717, 1.165) is 30.8 Å². The molecule has 1 saturated heterocycles.